The van der Waals surface area contributed by atoms with Gasteiger partial charge in [0.2, 0.25) is 0 Å². The zero-order valence-corrected chi connectivity index (χ0v) is 16.8. The van der Waals surface area contributed by atoms with E-state index in [1.165, 1.54) is 22.8 Å². The standard InChI is InChI=1S/C21H19N3O7/c1-3-21(28,20(27)31-2)14-8-17-18-11(9-23(17)19(26)13(14)10-25)7-12-15(22-18)5-4-6-16(12)24(29)30/h4-8,25,28H,3,9-10H2,1-2H3/t21-/m0/s1. The Hall–Kier alpha value is -3.63. The number of fused-ring (bicyclic) bond motifs is 4. The summed E-state index contributed by atoms with van der Waals surface area (Å²) in [6, 6.07) is 7.60. The lowest BCUT2D eigenvalue weighted by atomic mass is 9.87. The average molecular weight is 425 g/mol. The van der Waals surface area contributed by atoms with Gasteiger partial charge in [-0.1, -0.05) is 13.0 Å². The summed E-state index contributed by atoms with van der Waals surface area (Å²) < 4.78 is 6.09. The number of non-ortho nitro benzene ring substituents is 1. The lowest BCUT2D eigenvalue weighted by Gasteiger charge is -2.26. The van der Waals surface area contributed by atoms with Crippen molar-refractivity contribution in [1.29, 1.82) is 0 Å². The number of aliphatic hydroxyl groups is 2. The molecule has 10 heteroatoms. The highest BCUT2D eigenvalue weighted by molar-refractivity contribution is 5.91. The Balaban J connectivity index is 2.02. The van der Waals surface area contributed by atoms with Gasteiger partial charge in [0.25, 0.3) is 11.2 Å². The van der Waals surface area contributed by atoms with Gasteiger partial charge in [-0.15, -0.1) is 0 Å². The Kier molecular flexibility index (Phi) is 4.83. The number of ether oxygens (including phenoxy) is 1. The van der Waals surface area contributed by atoms with E-state index >= 15 is 0 Å². The fourth-order valence-electron chi connectivity index (χ4n) is 4.07. The molecule has 0 spiro atoms. The van der Waals surface area contributed by atoms with E-state index in [1.54, 1.807) is 19.1 Å². The number of pyridine rings is 2. The lowest BCUT2D eigenvalue weighted by molar-refractivity contribution is -0.383. The highest BCUT2D eigenvalue weighted by atomic mass is 16.6. The topological polar surface area (TPSA) is 145 Å². The molecule has 0 bridgehead atoms. The maximum atomic E-state index is 13.1. The van der Waals surface area contributed by atoms with Crippen LogP contribution < -0.4 is 5.56 Å². The molecule has 1 aliphatic rings. The molecule has 0 unspecified atom stereocenters. The van der Waals surface area contributed by atoms with Gasteiger partial charge in [-0.05, 0) is 24.6 Å². The van der Waals surface area contributed by atoms with Crippen LogP contribution >= 0.6 is 0 Å². The number of aromatic nitrogens is 2. The molecular formula is C21H19N3O7. The van der Waals surface area contributed by atoms with Crippen molar-refractivity contribution in [3.05, 3.63) is 67.5 Å². The van der Waals surface area contributed by atoms with Crippen molar-refractivity contribution < 1.29 is 24.7 Å². The van der Waals surface area contributed by atoms with Crippen LogP contribution in [0.3, 0.4) is 0 Å². The molecule has 2 aromatic heterocycles. The molecule has 3 aromatic rings. The summed E-state index contributed by atoms with van der Waals surface area (Å²) in [6.07, 6.45) is -0.0836. The highest BCUT2D eigenvalue weighted by Crippen LogP contribution is 2.37. The van der Waals surface area contributed by atoms with Gasteiger partial charge in [0.15, 0.2) is 5.60 Å². The molecule has 1 aliphatic heterocycles. The van der Waals surface area contributed by atoms with E-state index in [0.717, 1.165) is 7.11 Å². The quantitative estimate of drug-likeness (QED) is 0.279. The largest absolute Gasteiger partial charge is 0.467 e. The third-order valence-electron chi connectivity index (χ3n) is 5.72. The van der Waals surface area contributed by atoms with Crippen molar-refractivity contribution >= 4 is 22.6 Å². The summed E-state index contributed by atoms with van der Waals surface area (Å²) in [4.78, 5) is 40.9. The van der Waals surface area contributed by atoms with E-state index in [0.29, 0.717) is 27.9 Å². The molecule has 0 aliphatic carbocycles. The van der Waals surface area contributed by atoms with Gasteiger partial charge in [-0.3, -0.25) is 14.9 Å². The number of hydrogen-bond donors (Lipinski definition) is 2. The molecule has 0 amide bonds. The van der Waals surface area contributed by atoms with Gasteiger partial charge in [0.1, 0.15) is 0 Å². The fraction of sp³-hybridized carbons (Fsp3) is 0.286. The second-order valence-electron chi connectivity index (χ2n) is 7.27. The summed E-state index contributed by atoms with van der Waals surface area (Å²) in [7, 11) is 1.12. The van der Waals surface area contributed by atoms with E-state index < -0.39 is 28.7 Å². The van der Waals surface area contributed by atoms with Gasteiger partial charge in [-0.25, -0.2) is 9.78 Å². The van der Waals surface area contributed by atoms with Crippen LogP contribution in [0.4, 0.5) is 5.69 Å². The minimum absolute atomic E-state index is 0.0469. The first-order chi connectivity index (χ1) is 14.8. The second kappa shape index (κ2) is 7.25. The predicted molar refractivity (Wildman–Crippen MR) is 109 cm³/mol. The van der Waals surface area contributed by atoms with Gasteiger partial charge in [0, 0.05) is 22.8 Å². The predicted octanol–water partition coefficient (Wildman–Crippen LogP) is 1.60. The first kappa shape index (κ1) is 20.6. The van der Waals surface area contributed by atoms with Crippen LogP contribution in [0.25, 0.3) is 22.3 Å². The van der Waals surface area contributed by atoms with Gasteiger partial charge in [0.05, 0.1) is 47.5 Å². The van der Waals surface area contributed by atoms with Crippen LogP contribution in [0, 0.1) is 10.1 Å². The molecule has 10 nitrogen and oxygen atoms in total. The number of aliphatic hydroxyl groups excluding tert-OH is 1. The smallest absolute Gasteiger partial charge is 0.342 e. The molecule has 4 rings (SSSR count). The number of methoxy groups -OCH3 is 1. The maximum Gasteiger partial charge on any atom is 0.342 e. The number of carbonyl (C=O) groups excluding carboxylic acids is 1. The molecule has 0 saturated carbocycles. The summed E-state index contributed by atoms with van der Waals surface area (Å²) in [5.74, 6) is -0.950. The number of nitro groups is 1. The first-order valence-electron chi connectivity index (χ1n) is 9.53. The van der Waals surface area contributed by atoms with Gasteiger partial charge >= 0.3 is 5.97 Å². The molecule has 1 aromatic carbocycles. The fourth-order valence-corrected chi connectivity index (χ4v) is 4.07. The Morgan fingerprint density at radius 1 is 1.39 bits per heavy atom. The number of nitrogens with zero attached hydrogens (tertiary/aromatic N) is 3. The Morgan fingerprint density at radius 2 is 2.13 bits per heavy atom. The summed E-state index contributed by atoms with van der Waals surface area (Å²) in [6.45, 7) is 0.960. The van der Waals surface area contributed by atoms with Crippen molar-refractivity contribution in [2.75, 3.05) is 7.11 Å². The van der Waals surface area contributed by atoms with Crippen molar-refractivity contribution in [2.24, 2.45) is 0 Å². The van der Waals surface area contributed by atoms with E-state index in [4.69, 9.17) is 4.74 Å². The molecule has 3 heterocycles. The molecule has 2 N–H and O–H groups in total. The monoisotopic (exact) mass is 425 g/mol. The first-order valence-corrected chi connectivity index (χ1v) is 9.53. The molecule has 160 valence electrons. The van der Waals surface area contributed by atoms with Crippen LogP contribution in [-0.2, 0) is 28.3 Å². The highest BCUT2D eigenvalue weighted by Gasteiger charge is 2.41. The lowest BCUT2D eigenvalue weighted by Crippen LogP contribution is -2.40. The van der Waals surface area contributed by atoms with Crippen LogP contribution in [0.1, 0.15) is 30.0 Å². The van der Waals surface area contributed by atoms with Crippen molar-refractivity contribution in [3.8, 4) is 11.4 Å². The zero-order valence-electron chi connectivity index (χ0n) is 16.8. The molecule has 0 radical (unpaired) electrons. The van der Waals surface area contributed by atoms with Crippen LogP contribution in [0.15, 0.2) is 35.1 Å². The van der Waals surface area contributed by atoms with E-state index in [9.17, 15) is 29.9 Å². The van der Waals surface area contributed by atoms with E-state index in [2.05, 4.69) is 4.98 Å². The summed E-state index contributed by atoms with van der Waals surface area (Å²) in [5, 5.41) is 32.6. The van der Waals surface area contributed by atoms with Crippen molar-refractivity contribution in [3.63, 3.8) is 0 Å². The summed E-state index contributed by atoms with van der Waals surface area (Å²) >= 11 is 0. The van der Waals surface area contributed by atoms with Crippen LogP contribution in [-0.4, -0.2) is 37.8 Å². The number of rotatable bonds is 5. The van der Waals surface area contributed by atoms with Crippen LogP contribution in [0.2, 0.25) is 0 Å². The molecule has 0 saturated heterocycles. The van der Waals surface area contributed by atoms with Gasteiger partial charge < -0.3 is 19.5 Å². The molecule has 0 fully saturated rings. The third-order valence-corrected chi connectivity index (χ3v) is 5.72. The number of esters is 1. The zero-order chi connectivity index (χ0) is 22.5. The molecule has 1 atom stereocenters. The third kappa shape index (κ3) is 2.91. The second-order valence-corrected chi connectivity index (χ2v) is 7.27. The Morgan fingerprint density at radius 3 is 2.74 bits per heavy atom. The molecule has 31 heavy (non-hydrogen) atoms. The number of carbonyl (C=O) groups is 1. The minimum atomic E-state index is -2.13. The molecular weight excluding hydrogens is 406 g/mol. The average Bonchev–Trinajstić information content (AvgIpc) is 3.13. The van der Waals surface area contributed by atoms with E-state index in [1.807, 2.05) is 0 Å². The van der Waals surface area contributed by atoms with Crippen molar-refractivity contribution in [1.82, 2.24) is 9.55 Å². The number of benzene rings is 1. The van der Waals surface area contributed by atoms with Crippen LogP contribution in [0.5, 0.6) is 0 Å². The van der Waals surface area contributed by atoms with Gasteiger partial charge in [-0.2, -0.15) is 0 Å². The summed E-state index contributed by atoms with van der Waals surface area (Å²) in [5.41, 5.74) is -1.26. The number of hydrogen-bond acceptors (Lipinski definition) is 8. The Bertz CT molecular complexity index is 1310. The SMILES string of the molecule is CC[C@@](O)(C(=O)OC)c1cc2n(c(=O)c1CO)Cc1cc3c([N+](=O)[O-])cccc3nc1-2. The number of nitro benzene ring substituents is 1. The minimum Gasteiger partial charge on any atom is -0.467 e. The normalized spacial score (nSPS) is 14.1. The maximum absolute atomic E-state index is 13.1. The Labute approximate surface area is 175 Å². The van der Waals surface area contributed by atoms with E-state index in [-0.39, 0.29) is 29.8 Å². The van der Waals surface area contributed by atoms with Crippen molar-refractivity contribution in [2.45, 2.75) is 32.1 Å².